The van der Waals surface area contributed by atoms with E-state index in [0.717, 1.165) is 18.4 Å². The number of hydrogen-bond donors (Lipinski definition) is 3. The maximum atomic E-state index is 13.7. The summed E-state index contributed by atoms with van der Waals surface area (Å²) < 4.78 is 19.5. The zero-order valence-corrected chi connectivity index (χ0v) is 15.6. The minimum atomic E-state index is -0.576. The van der Waals surface area contributed by atoms with Crippen LogP contribution in [0.1, 0.15) is 38.2 Å². The molecule has 28 heavy (non-hydrogen) atoms. The number of nitrogens with zero attached hydrogens (tertiary/aromatic N) is 1. The van der Waals surface area contributed by atoms with Gasteiger partial charge in [-0.2, -0.15) is 0 Å². The standard InChI is InChI=1S/C20H23FN4O3/c1-13(26)24-18-11-15(6-7-17(18)21)25-20(27)23-12-14-8-9-22-19(10-14)28-16-4-2-3-5-16/h6-11,16H,2-5,12H2,1H3,(H,24,26)(H2,23,25,27). The Balaban J connectivity index is 1.53. The van der Waals surface area contributed by atoms with Crippen LogP contribution in [0.4, 0.5) is 20.6 Å². The summed E-state index contributed by atoms with van der Waals surface area (Å²) in [4.78, 5) is 27.4. The number of nitrogens with one attached hydrogen (secondary N) is 3. The van der Waals surface area contributed by atoms with Crippen molar-refractivity contribution in [1.29, 1.82) is 0 Å². The zero-order valence-electron chi connectivity index (χ0n) is 15.6. The van der Waals surface area contributed by atoms with Crippen LogP contribution in [0.2, 0.25) is 0 Å². The third kappa shape index (κ3) is 5.67. The summed E-state index contributed by atoms with van der Waals surface area (Å²) in [5.74, 6) is -0.411. The molecule has 1 aliphatic carbocycles. The van der Waals surface area contributed by atoms with Crippen LogP contribution < -0.4 is 20.7 Å². The molecule has 0 saturated heterocycles. The summed E-state index contributed by atoms with van der Waals surface area (Å²) in [6.07, 6.45) is 6.32. The monoisotopic (exact) mass is 386 g/mol. The number of anilines is 2. The predicted molar refractivity (Wildman–Crippen MR) is 104 cm³/mol. The lowest BCUT2D eigenvalue weighted by molar-refractivity contribution is -0.114. The van der Waals surface area contributed by atoms with E-state index in [9.17, 15) is 14.0 Å². The van der Waals surface area contributed by atoms with E-state index in [2.05, 4.69) is 20.9 Å². The molecule has 0 radical (unpaired) electrons. The lowest BCUT2D eigenvalue weighted by atomic mass is 10.2. The molecule has 1 saturated carbocycles. The zero-order chi connectivity index (χ0) is 19.9. The molecule has 1 aromatic heterocycles. The van der Waals surface area contributed by atoms with Crippen molar-refractivity contribution in [3.05, 3.63) is 47.9 Å². The molecule has 0 aliphatic heterocycles. The summed E-state index contributed by atoms with van der Waals surface area (Å²) in [6, 6.07) is 7.11. The highest BCUT2D eigenvalue weighted by Crippen LogP contribution is 2.23. The summed E-state index contributed by atoms with van der Waals surface area (Å²) in [5, 5.41) is 7.71. The molecule has 1 fully saturated rings. The number of halogens is 1. The molecule has 0 atom stereocenters. The third-order valence-corrected chi connectivity index (χ3v) is 4.38. The average molecular weight is 386 g/mol. The summed E-state index contributed by atoms with van der Waals surface area (Å²) >= 11 is 0. The van der Waals surface area contributed by atoms with Crippen molar-refractivity contribution < 1.29 is 18.7 Å². The second kappa shape index (κ2) is 9.16. The largest absolute Gasteiger partial charge is 0.474 e. The first-order valence-corrected chi connectivity index (χ1v) is 9.23. The molecule has 148 valence electrons. The Morgan fingerprint density at radius 2 is 1.96 bits per heavy atom. The number of carbonyl (C=O) groups excluding carboxylic acids is 2. The number of hydrogen-bond acceptors (Lipinski definition) is 4. The highest BCUT2D eigenvalue weighted by Gasteiger charge is 2.17. The first-order valence-electron chi connectivity index (χ1n) is 9.23. The van der Waals surface area contributed by atoms with Gasteiger partial charge in [-0.05, 0) is 55.5 Å². The van der Waals surface area contributed by atoms with Gasteiger partial charge in [0.2, 0.25) is 11.8 Å². The Morgan fingerprint density at radius 3 is 2.71 bits per heavy atom. The fraction of sp³-hybridized carbons (Fsp3) is 0.350. The molecule has 2 aromatic rings. The number of pyridine rings is 1. The lowest BCUT2D eigenvalue weighted by Gasteiger charge is -2.13. The minimum Gasteiger partial charge on any atom is -0.474 e. The maximum absolute atomic E-state index is 13.7. The fourth-order valence-corrected chi connectivity index (χ4v) is 3.05. The molecule has 1 heterocycles. The van der Waals surface area contributed by atoms with Crippen LogP contribution in [0.15, 0.2) is 36.5 Å². The van der Waals surface area contributed by atoms with E-state index >= 15 is 0 Å². The molecule has 0 unspecified atom stereocenters. The molecule has 8 heteroatoms. The molecule has 0 spiro atoms. The summed E-state index contributed by atoms with van der Waals surface area (Å²) in [7, 11) is 0. The van der Waals surface area contributed by atoms with Crippen molar-refractivity contribution in [2.45, 2.75) is 45.3 Å². The van der Waals surface area contributed by atoms with Gasteiger partial charge in [-0.1, -0.05) is 0 Å². The van der Waals surface area contributed by atoms with Gasteiger partial charge in [0.1, 0.15) is 11.9 Å². The predicted octanol–water partition coefficient (Wildman–Crippen LogP) is 3.82. The SMILES string of the molecule is CC(=O)Nc1cc(NC(=O)NCc2ccnc(OC3CCCC3)c2)ccc1F. The molecule has 1 aliphatic rings. The molecular weight excluding hydrogens is 363 g/mol. The van der Waals surface area contributed by atoms with Gasteiger partial charge in [0, 0.05) is 31.4 Å². The van der Waals surface area contributed by atoms with Crippen molar-refractivity contribution in [2.24, 2.45) is 0 Å². The molecule has 3 rings (SSSR count). The topological polar surface area (TPSA) is 92.4 Å². The number of aromatic nitrogens is 1. The molecule has 1 aromatic carbocycles. The highest BCUT2D eigenvalue weighted by molar-refractivity contribution is 5.92. The van der Waals surface area contributed by atoms with Gasteiger partial charge in [-0.25, -0.2) is 14.2 Å². The Hall–Kier alpha value is -3.16. The number of amides is 3. The van der Waals surface area contributed by atoms with E-state index in [1.54, 1.807) is 12.3 Å². The van der Waals surface area contributed by atoms with Gasteiger partial charge in [-0.3, -0.25) is 4.79 Å². The molecular formula is C20H23FN4O3. The van der Waals surface area contributed by atoms with Crippen LogP contribution in [0.25, 0.3) is 0 Å². The van der Waals surface area contributed by atoms with E-state index in [1.807, 2.05) is 6.07 Å². The van der Waals surface area contributed by atoms with E-state index in [1.165, 1.54) is 38.0 Å². The van der Waals surface area contributed by atoms with Crippen molar-refractivity contribution in [3.8, 4) is 5.88 Å². The van der Waals surface area contributed by atoms with Gasteiger partial charge < -0.3 is 20.7 Å². The number of urea groups is 1. The van der Waals surface area contributed by atoms with Gasteiger partial charge >= 0.3 is 6.03 Å². The van der Waals surface area contributed by atoms with Crippen LogP contribution >= 0.6 is 0 Å². The van der Waals surface area contributed by atoms with Crippen LogP contribution in [0.5, 0.6) is 5.88 Å². The van der Waals surface area contributed by atoms with Crippen LogP contribution in [0.3, 0.4) is 0 Å². The number of benzene rings is 1. The summed E-state index contributed by atoms with van der Waals surface area (Å²) in [6.45, 7) is 1.57. The van der Waals surface area contributed by atoms with Crippen molar-refractivity contribution >= 4 is 23.3 Å². The first-order chi connectivity index (χ1) is 13.5. The third-order valence-electron chi connectivity index (χ3n) is 4.38. The van der Waals surface area contributed by atoms with Gasteiger partial charge in [0.15, 0.2) is 0 Å². The van der Waals surface area contributed by atoms with Crippen molar-refractivity contribution in [3.63, 3.8) is 0 Å². The molecule has 0 bridgehead atoms. The van der Waals surface area contributed by atoms with Crippen molar-refractivity contribution in [2.75, 3.05) is 10.6 Å². The Labute approximate surface area is 162 Å². The number of carbonyl (C=O) groups is 2. The van der Waals surface area contributed by atoms with E-state index in [-0.39, 0.29) is 18.3 Å². The van der Waals surface area contributed by atoms with Crippen LogP contribution in [0, 0.1) is 5.82 Å². The number of rotatable bonds is 6. The molecule has 3 N–H and O–H groups in total. The van der Waals surface area contributed by atoms with Crippen LogP contribution in [-0.2, 0) is 11.3 Å². The fourth-order valence-electron chi connectivity index (χ4n) is 3.05. The van der Waals surface area contributed by atoms with E-state index in [4.69, 9.17) is 4.74 Å². The minimum absolute atomic E-state index is 0.00753. The second-order valence-electron chi connectivity index (χ2n) is 6.71. The Morgan fingerprint density at radius 1 is 1.18 bits per heavy atom. The molecule has 3 amide bonds. The Bertz CT molecular complexity index is 853. The first kappa shape index (κ1) is 19.6. The smallest absolute Gasteiger partial charge is 0.319 e. The average Bonchev–Trinajstić information content (AvgIpc) is 3.16. The van der Waals surface area contributed by atoms with E-state index < -0.39 is 17.8 Å². The molecule has 7 nitrogen and oxygen atoms in total. The quantitative estimate of drug-likeness (QED) is 0.704. The number of ether oxygens (including phenoxy) is 1. The van der Waals surface area contributed by atoms with Gasteiger partial charge in [0.05, 0.1) is 5.69 Å². The lowest BCUT2D eigenvalue weighted by Crippen LogP contribution is -2.28. The Kier molecular flexibility index (Phi) is 6.41. The van der Waals surface area contributed by atoms with Gasteiger partial charge in [-0.15, -0.1) is 0 Å². The van der Waals surface area contributed by atoms with E-state index in [0.29, 0.717) is 11.6 Å². The second-order valence-corrected chi connectivity index (χ2v) is 6.71. The normalized spacial score (nSPS) is 13.8. The van der Waals surface area contributed by atoms with Gasteiger partial charge in [0.25, 0.3) is 0 Å². The summed E-state index contributed by atoms with van der Waals surface area (Å²) in [5.41, 5.74) is 1.23. The maximum Gasteiger partial charge on any atom is 0.319 e. The van der Waals surface area contributed by atoms with Crippen LogP contribution in [-0.4, -0.2) is 23.0 Å². The highest BCUT2D eigenvalue weighted by atomic mass is 19.1. The van der Waals surface area contributed by atoms with Crippen molar-refractivity contribution in [1.82, 2.24) is 10.3 Å².